The Morgan fingerprint density at radius 3 is 2.17 bits per heavy atom. The molecule has 126 valence electrons. The molecule has 0 radical (unpaired) electrons. The number of benzene rings is 2. The SMILES string of the molecule is COC(=O)C(C)(Cc1ccc(OC)cc1)NC(=O)c1ccccc1. The fourth-order valence-corrected chi connectivity index (χ4v) is 2.46. The number of ether oxygens (including phenoxy) is 2. The van der Waals surface area contributed by atoms with Gasteiger partial charge in [0, 0.05) is 12.0 Å². The average Bonchev–Trinajstić information content (AvgIpc) is 2.62. The number of carbonyl (C=O) groups excluding carboxylic acids is 2. The molecule has 0 saturated heterocycles. The molecule has 0 aliphatic rings. The molecule has 5 heteroatoms. The molecular weight excluding hydrogens is 306 g/mol. The molecule has 0 aliphatic heterocycles. The zero-order valence-corrected chi connectivity index (χ0v) is 14.0. The van der Waals surface area contributed by atoms with Crippen molar-refractivity contribution in [1.29, 1.82) is 0 Å². The van der Waals surface area contributed by atoms with Crippen LogP contribution in [0.3, 0.4) is 0 Å². The predicted molar refractivity (Wildman–Crippen MR) is 91.0 cm³/mol. The first-order valence-corrected chi connectivity index (χ1v) is 7.57. The molecule has 0 aromatic heterocycles. The van der Waals surface area contributed by atoms with E-state index < -0.39 is 11.5 Å². The fraction of sp³-hybridized carbons (Fsp3) is 0.263. The second-order valence-corrected chi connectivity index (χ2v) is 5.67. The van der Waals surface area contributed by atoms with Gasteiger partial charge in [-0.2, -0.15) is 0 Å². The number of rotatable bonds is 6. The van der Waals surface area contributed by atoms with Crippen LogP contribution in [0.15, 0.2) is 54.6 Å². The Morgan fingerprint density at radius 1 is 1.00 bits per heavy atom. The molecule has 2 aromatic carbocycles. The molecule has 2 aromatic rings. The molecular formula is C19H21NO4. The van der Waals surface area contributed by atoms with Crippen molar-refractivity contribution in [3.63, 3.8) is 0 Å². The summed E-state index contributed by atoms with van der Waals surface area (Å²) in [7, 11) is 2.90. The molecule has 1 amide bonds. The van der Waals surface area contributed by atoms with Crippen molar-refractivity contribution in [3.05, 3.63) is 65.7 Å². The Balaban J connectivity index is 2.22. The standard InChI is InChI=1S/C19H21NO4/c1-19(18(22)24-3,13-14-9-11-16(23-2)12-10-14)20-17(21)15-7-5-4-6-8-15/h4-12H,13H2,1-3H3,(H,20,21). The van der Waals surface area contributed by atoms with Crippen molar-refractivity contribution >= 4 is 11.9 Å². The third kappa shape index (κ3) is 4.13. The zero-order chi connectivity index (χ0) is 17.6. The van der Waals surface area contributed by atoms with Crippen LogP contribution in [0.2, 0.25) is 0 Å². The van der Waals surface area contributed by atoms with E-state index >= 15 is 0 Å². The van der Waals surface area contributed by atoms with Gasteiger partial charge in [-0.05, 0) is 36.8 Å². The summed E-state index contributed by atoms with van der Waals surface area (Å²) in [4.78, 5) is 24.7. The van der Waals surface area contributed by atoms with Crippen LogP contribution in [-0.4, -0.2) is 31.6 Å². The van der Waals surface area contributed by atoms with Gasteiger partial charge >= 0.3 is 5.97 Å². The van der Waals surface area contributed by atoms with Crippen LogP contribution in [0.5, 0.6) is 5.75 Å². The lowest BCUT2D eigenvalue weighted by atomic mass is 9.92. The average molecular weight is 327 g/mol. The van der Waals surface area contributed by atoms with E-state index in [9.17, 15) is 9.59 Å². The molecule has 24 heavy (non-hydrogen) atoms. The summed E-state index contributed by atoms with van der Waals surface area (Å²) in [6.07, 6.45) is 0.308. The van der Waals surface area contributed by atoms with Crippen molar-refractivity contribution in [1.82, 2.24) is 5.32 Å². The van der Waals surface area contributed by atoms with Crippen molar-refractivity contribution in [2.75, 3.05) is 14.2 Å². The van der Waals surface area contributed by atoms with Crippen LogP contribution in [0.25, 0.3) is 0 Å². The van der Waals surface area contributed by atoms with Crippen LogP contribution in [0.1, 0.15) is 22.8 Å². The van der Waals surface area contributed by atoms with E-state index in [-0.39, 0.29) is 5.91 Å². The normalized spacial score (nSPS) is 12.8. The lowest BCUT2D eigenvalue weighted by Crippen LogP contribution is -2.54. The van der Waals surface area contributed by atoms with Crippen LogP contribution < -0.4 is 10.1 Å². The fourth-order valence-electron chi connectivity index (χ4n) is 2.46. The Morgan fingerprint density at radius 2 is 1.62 bits per heavy atom. The summed E-state index contributed by atoms with van der Waals surface area (Å²) in [5, 5.41) is 2.79. The number of amides is 1. The van der Waals surface area contributed by atoms with Crippen LogP contribution in [-0.2, 0) is 16.0 Å². The minimum atomic E-state index is -1.17. The van der Waals surface area contributed by atoms with Gasteiger partial charge in [0.05, 0.1) is 14.2 Å². The third-order valence-electron chi connectivity index (χ3n) is 3.78. The van der Waals surface area contributed by atoms with E-state index in [1.165, 1.54) is 7.11 Å². The van der Waals surface area contributed by atoms with Crippen molar-refractivity contribution in [3.8, 4) is 5.75 Å². The van der Waals surface area contributed by atoms with E-state index in [1.807, 2.05) is 30.3 Å². The van der Waals surface area contributed by atoms with Crippen LogP contribution in [0, 0.1) is 0 Å². The molecule has 1 unspecified atom stereocenters. The van der Waals surface area contributed by atoms with Gasteiger partial charge in [-0.1, -0.05) is 30.3 Å². The van der Waals surface area contributed by atoms with Gasteiger partial charge in [-0.3, -0.25) is 4.79 Å². The van der Waals surface area contributed by atoms with E-state index in [0.717, 1.165) is 11.3 Å². The first kappa shape index (κ1) is 17.5. The van der Waals surface area contributed by atoms with Crippen molar-refractivity contribution < 1.29 is 19.1 Å². The Labute approximate surface area is 141 Å². The van der Waals surface area contributed by atoms with Gasteiger partial charge in [0.1, 0.15) is 11.3 Å². The largest absolute Gasteiger partial charge is 0.497 e. The Hall–Kier alpha value is -2.82. The highest BCUT2D eigenvalue weighted by Crippen LogP contribution is 2.19. The summed E-state index contributed by atoms with van der Waals surface area (Å²) in [6, 6.07) is 16.1. The molecule has 5 nitrogen and oxygen atoms in total. The first-order valence-electron chi connectivity index (χ1n) is 7.57. The van der Waals surface area contributed by atoms with Crippen molar-refractivity contribution in [2.45, 2.75) is 18.9 Å². The molecule has 2 rings (SSSR count). The first-order chi connectivity index (χ1) is 11.5. The summed E-state index contributed by atoms with van der Waals surface area (Å²) in [6.45, 7) is 1.66. The molecule has 0 heterocycles. The van der Waals surface area contributed by atoms with E-state index in [2.05, 4.69) is 5.32 Å². The maximum atomic E-state index is 12.4. The topological polar surface area (TPSA) is 64.6 Å². The monoisotopic (exact) mass is 327 g/mol. The second-order valence-electron chi connectivity index (χ2n) is 5.67. The molecule has 0 fully saturated rings. The van der Waals surface area contributed by atoms with E-state index in [0.29, 0.717) is 12.0 Å². The number of hydrogen-bond donors (Lipinski definition) is 1. The lowest BCUT2D eigenvalue weighted by molar-refractivity contribution is -0.147. The lowest BCUT2D eigenvalue weighted by Gasteiger charge is -2.28. The Bertz CT molecular complexity index is 697. The summed E-state index contributed by atoms with van der Waals surface area (Å²) >= 11 is 0. The number of esters is 1. The second kappa shape index (κ2) is 7.64. The number of hydrogen-bond acceptors (Lipinski definition) is 4. The molecule has 0 saturated carbocycles. The quantitative estimate of drug-likeness (QED) is 0.828. The molecule has 0 aliphatic carbocycles. The van der Waals surface area contributed by atoms with Gasteiger partial charge in [0.15, 0.2) is 0 Å². The summed E-state index contributed by atoms with van der Waals surface area (Å²) in [5.41, 5.74) is 0.204. The zero-order valence-electron chi connectivity index (χ0n) is 14.0. The maximum Gasteiger partial charge on any atom is 0.331 e. The van der Waals surface area contributed by atoms with Gasteiger partial charge in [-0.15, -0.1) is 0 Å². The highest BCUT2D eigenvalue weighted by atomic mass is 16.5. The van der Waals surface area contributed by atoms with Gasteiger partial charge < -0.3 is 14.8 Å². The van der Waals surface area contributed by atoms with E-state index in [4.69, 9.17) is 9.47 Å². The van der Waals surface area contributed by atoms with Gasteiger partial charge in [0.2, 0.25) is 0 Å². The highest BCUT2D eigenvalue weighted by Gasteiger charge is 2.36. The number of methoxy groups -OCH3 is 2. The smallest absolute Gasteiger partial charge is 0.331 e. The van der Waals surface area contributed by atoms with E-state index in [1.54, 1.807) is 38.3 Å². The molecule has 1 atom stereocenters. The number of carbonyl (C=O) groups is 2. The maximum absolute atomic E-state index is 12.4. The highest BCUT2D eigenvalue weighted by molar-refractivity contribution is 5.98. The van der Waals surface area contributed by atoms with Crippen LogP contribution >= 0.6 is 0 Å². The molecule has 0 spiro atoms. The minimum absolute atomic E-state index is 0.308. The molecule has 0 bridgehead atoms. The van der Waals surface area contributed by atoms with Gasteiger partial charge in [-0.25, -0.2) is 4.79 Å². The molecule has 1 N–H and O–H groups in total. The number of nitrogens with one attached hydrogen (secondary N) is 1. The van der Waals surface area contributed by atoms with Crippen LogP contribution in [0.4, 0.5) is 0 Å². The minimum Gasteiger partial charge on any atom is -0.497 e. The summed E-state index contributed by atoms with van der Waals surface area (Å²) in [5.74, 6) is -0.0912. The summed E-state index contributed by atoms with van der Waals surface area (Å²) < 4.78 is 10.0. The predicted octanol–water partition coefficient (Wildman–Crippen LogP) is 2.60. The Kier molecular flexibility index (Phi) is 5.58. The van der Waals surface area contributed by atoms with Crippen molar-refractivity contribution in [2.24, 2.45) is 0 Å². The third-order valence-corrected chi connectivity index (χ3v) is 3.78. The van der Waals surface area contributed by atoms with Gasteiger partial charge in [0.25, 0.3) is 5.91 Å².